The Labute approximate surface area is 212 Å². The first-order valence-corrected chi connectivity index (χ1v) is 13.2. The van der Waals surface area contributed by atoms with E-state index in [2.05, 4.69) is 16.7 Å². The van der Waals surface area contributed by atoms with Gasteiger partial charge in [0.1, 0.15) is 0 Å². The second-order valence-corrected chi connectivity index (χ2v) is 10.2. The number of amides is 3. The quantitative estimate of drug-likeness (QED) is 0.591. The highest BCUT2D eigenvalue weighted by Crippen LogP contribution is 2.40. The highest BCUT2D eigenvalue weighted by molar-refractivity contribution is 5.97. The Bertz CT molecular complexity index is 1120. The van der Waals surface area contributed by atoms with Crippen molar-refractivity contribution in [3.8, 4) is 6.07 Å². The van der Waals surface area contributed by atoms with Gasteiger partial charge in [-0.25, -0.2) is 4.79 Å². The number of urea groups is 1. The van der Waals surface area contributed by atoms with E-state index >= 15 is 0 Å². The van der Waals surface area contributed by atoms with E-state index in [4.69, 9.17) is 10.00 Å². The number of hydrogen-bond donors (Lipinski definition) is 2. The summed E-state index contributed by atoms with van der Waals surface area (Å²) in [6, 6.07) is 15.5. The Morgan fingerprint density at radius 3 is 2.39 bits per heavy atom. The molecule has 1 atom stereocenters. The maximum atomic E-state index is 13.4. The second-order valence-electron chi connectivity index (χ2n) is 10.2. The van der Waals surface area contributed by atoms with Crippen molar-refractivity contribution in [2.45, 2.75) is 62.9 Å². The van der Waals surface area contributed by atoms with Crippen LogP contribution in [0.4, 0.5) is 10.5 Å². The Hall–Kier alpha value is -3.37. The van der Waals surface area contributed by atoms with Crippen LogP contribution in [0.2, 0.25) is 0 Å². The molecule has 3 fully saturated rings. The van der Waals surface area contributed by atoms with Gasteiger partial charge in [-0.05, 0) is 85.8 Å². The average Bonchev–Trinajstić information content (AvgIpc) is 3.41. The number of hydrogen-bond acceptors (Lipinski definition) is 4. The van der Waals surface area contributed by atoms with E-state index in [0.717, 1.165) is 56.4 Å². The Morgan fingerprint density at radius 2 is 1.75 bits per heavy atom. The summed E-state index contributed by atoms with van der Waals surface area (Å²) in [5.74, 6) is 0.842. The lowest BCUT2D eigenvalue weighted by Crippen LogP contribution is -2.38. The van der Waals surface area contributed by atoms with Crippen LogP contribution in [0.3, 0.4) is 0 Å². The molecule has 36 heavy (non-hydrogen) atoms. The lowest BCUT2D eigenvalue weighted by atomic mass is 9.79. The smallest absolute Gasteiger partial charge is 0.319 e. The fourth-order valence-corrected chi connectivity index (χ4v) is 5.48. The first kappa shape index (κ1) is 24.3. The van der Waals surface area contributed by atoms with Crippen LogP contribution in [0.1, 0.15) is 83.8 Å². The molecule has 0 spiro atoms. The van der Waals surface area contributed by atoms with Gasteiger partial charge in [-0.2, -0.15) is 5.26 Å². The van der Waals surface area contributed by atoms with Crippen LogP contribution in [0, 0.1) is 11.3 Å². The summed E-state index contributed by atoms with van der Waals surface area (Å²) in [6.07, 6.45) is 7.31. The number of ether oxygens (including phenoxy) is 1. The lowest BCUT2D eigenvalue weighted by molar-refractivity contribution is 0.0713. The fourth-order valence-electron chi connectivity index (χ4n) is 5.48. The molecule has 2 saturated heterocycles. The van der Waals surface area contributed by atoms with Gasteiger partial charge in [0.15, 0.2) is 0 Å². The summed E-state index contributed by atoms with van der Waals surface area (Å²) in [5.41, 5.74) is 4.37. The van der Waals surface area contributed by atoms with Gasteiger partial charge in [0.2, 0.25) is 0 Å². The largest absolute Gasteiger partial charge is 0.376 e. The minimum Gasteiger partial charge on any atom is -0.376 e. The topological polar surface area (TPSA) is 94.5 Å². The minimum atomic E-state index is -0.251. The molecule has 1 saturated carbocycles. The zero-order valence-electron chi connectivity index (χ0n) is 20.7. The van der Waals surface area contributed by atoms with Crippen molar-refractivity contribution >= 4 is 17.6 Å². The van der Waals surface area contributed by atoms with Crippen molar-refractivity contribution in [1.29, 1.82) is 5.26 Å². The third-order valence-corrected chi connectivity index (χ3v) is 7.90. The number of nitriles is 1. The van der Waals surface area contributed by atoms with Crippen molar-refractivity contribution in [2.75, 3.05) is 31.6 Å². The molecule has 2 aliphatic heterocycles. The third-order valence-electron chi connectivity index (χ3n) is 7.90. The summed E-state index contributed by atoms with van der Waals surface area (Å²) in [4.78, 5) is 27.9. The highest BCUT2D eigenvalue weighted by Gasteiger charge is 2.27. The normalized spacial score (nSPS) is 20.4. The summed E-state index contributed by atoms with van der Waals surface area (Å²) in [5, 5.41) is 15.0. The molecule has 1 aliphatic carbocycles. The predicted octanol–water partition coefficient (Wildman–Crippen LogP) is 5.15. The molecule has 3 amide bonds. The predicted molar refractivity (Wildman–Crippen MR) is 138 cm³/mol. The van der Waals surface area contributed by atoms with Crippen LogP contribution in [-0.4, -0.2) is 49.2 Å². The van der Waals surface area contributed by atoms with E-state index in [1.165, 1.54) is 12.0 Å². The highest BCUT2D eigenvalue weighted by atomic mass is 16.5. The van der Waals surface area contributed by atoms with E-state index in [-0.39, 0.29) is 18.0 Å². The summed E-state index contributed by atoms with van der Waals surface area (Å²) in [6.45, 7) is 2.64. The first-order valence-electron chi connectivity index (χ1n) is 13.2. The van der Waals surface area contributed by atoms with Gasteiger partial charge in [0, 0.05) is 37.5 Å². The van der Waals surface area contributed by atoms with Gasteiger partial charge in [0.05, 0.1) is 17.7 Å². The van der Waals surface area contributed by atoms with Gasteiger partial charge >= 0.3 is 6.03 Å². The van der Waals surface area contributed by atoms with Gasteiger partial charge < -0.3 is 20.3 Å². The Balaban J connectivity index is 1.23. The zero-order valence-corrected chi connectivity index (χ0v) is 20.7. The Morgan fingerprint density at radius 1 is 0.972 bits per heavy atom. The molecule has 2 heterocycles. The molecule has 5 rings (SSSR count). The SMILES string of the molecule is N#Cc1ccc(C2CCN(C(=O)c3ccc(C4CCC4)c(NC(=O)NC[C@@H]4CCCO4)c3)CC2)cc1. The lowest BCUT2D eigenvalue weighted by Gasteiger charge is -2.33. The number of anilines is 1. The summed E-state index contributed by atoms with van der Waals surface area (Å²) >= 11 is 0. The molecule has 0 radical (unpaired) electrons. The maximum Gasteiger partial charge on any atom is 0.319 e. The van der Waals surface area contributed by atoms with E-state index in [0.29, 0.717) is 42.6 Å². The number of nitrogens with zero attached hydrogens (tertiary/aromatic N) is 2. The fraction of sp³-hybridized carbons (Fsp3) is 0.483. The molecule has 3 aliphatic rings. The monoisotopic (exact) mass is 486 g/mol. The van der Waals surface area contributed by atoms with Gasteiger partial charge in [-0.15, -0.1) is 0 Å². The van der Waals surface area contributed by atoms with Crippen LogP contribution in [-0.2, 0) is 4.74 Å². The molecule has 0 aromatic heterocycles. The molecule has 2 aromatic rings. The molecular weight excluding hydrogens is 452 g/mol. The number of carbonyl (C=O) groups excluding carboxylic acids is 2. The molecule has 2 N–H and O–H groups in total. The average molecular weight is 487 g/mol. The molecule has 0 unspecified atom stereocenters. The molecule has 7 heteroatoms. The van der Waals surface area contributed by atoms with Crippen molar-refractivity contribution in [3.63, 3.8) is 0 Å². The maximum absolute atomic E-state index is 13.4. The molecule has 2 aromatic carbocycles. The van der Waals surface area contributed by atoms with Gasteiger partial charge in [-0.1, -0.05) is 24.6 Å². The minimum absolute atomic E-state index is 0.0104. The number of rotatable bonds is 6. The first-order chi connectivity index (χ1) is 17.6. The van der Waals surface area contributed by atoms with Crippen molar-refractivity contribution in [2.24, 2.45) is 0 Å². The summed E-state index contributed by atoms with van der Waals surface area (Å²) in [7, 11) is 0. The number of nitrogens with one attached hydrogen (secondary N) is 2. The van der Waals surface area contributed by atoms with E-state index in [9.17, 15) is 9.59 Å². The molecule has 188 valence electrons. The van der Waals surface area contributed by atoms with E-state index in [1.807, 2.05) is 47.4 Å². The zero-order chi connectivity index (χ0) is 24.9. The molecule has 7 nitrogen and oxygen atoms in total. The van der Waals surface area contributed by atoms with Gasteiger partial charge in [0.25, 0.3) is 5.91 Å². The summed E-state index contributed by atoms with van der Waals surface area (Å²) < 4.78 is 5.60. The number of likely N-dealkylation sites (tertiary alicyclic amines) is 1. The number of carbonyl (C=O) groups is 2. The van der Waals surface area contributed by atoms with Crippen molar-refractivity contribution in [1.82, 2.24) is 10.2 Å². The van der Waals surface area contributed by atoms with Crippen LogP contribution >= 0.6 is 0 Å². The standard InChI is InChI=1S/C29H34N4O3/c30-18-20-6-8-21(9-7-20)22-12-14-33(15-13-22)28(34)24-10-11-26(23-3-1-4-23)27(17-24)32-29(35)31-19-25-5-2-16-36-25/h6-11,17,22-23,25H,1-5,12-16,19H2,(H2,31,32,35)/t25-/m0/s1. The third kappa shape index (κ3) is 5.55. The second kappa shape index (κ2) is 11.1. The molecule has 0 bridgehead atoms. The van der Waals surface area contributed by atoms with Crippen LogP contribution in [0.5, 0.6) is 0 Å². The van der Waals surface area contributed by atoms with Gasteiger partial charge in [-0.3, -0.25) is 4.79 Å². The Kier molecular flexibility index (Phi) is 7.52. The van der Waals surface area contributed by atoms with E-state index < -0.39 is 0 Å². The van der Waals surface area contributed by atoms with Crippen LogP contribution in [0.15, 0.2) is 42.5 Å². The van der Waals surface area contributed by atoms with E-state index in [1.54, 1.807) is 0 Å². The van der Waals surface area contributed by atoms with Crippen LogP contribution < -0.4 is 10.6 Å². The molecular formula is C29H34N4O3. The van der Waals surface area contributed by atoms with Crippen molar-refractivity contribution < 1.29 is 14.3 Å². The number of benzene rings is 2. The van der Waals surface area contributed by atoms with Crippen molar-refractivity contribution in [3.05, 3.63) is 64.7 Å². The van der Waals surface area contributed by atoms with Crippen LogP contribution in [0.25, 0.3) is 0 Å². The number of piperidine rings is 1.